The van der Waals surface area contributed by atoms with Gasteiger partial charge in [-0.15, -0.1) is 22.7 Å². The molecule has 34 heavy (non-hydrogen) atoms. The molecule has 2 aromatic heterocycles. The fraction of sp³-hybridized carbons (Fsp3) is 0.0714. The molecule has 2 heterocycles. The van der Waals surface area contributed by atoms with Crippen LogP contribution in [0.25, 0.3) is 36.5 Å². The fourth-order valence-electron chi connectivity index (χ4n) is 3.21. The number of hydrogen-bond donors (Lipinski definition) is 0. The van der Waals surface area contributed by atoms with Gasteiger partial charge in [-0.05, 0) is 84.0 Å². The maximum atomic E-state index is 10.8. The van der Waals surface area contributed by atoms with E-state index in [2.05, 4.69) is 77.7 Å². The second kappa shape index (κ2) is 10.9. The van der Waals surface area contributed by atoms with E-state index in [1.165, 1.54) is 38.0 Å². The number of nitro benzene ring substituents is 1. The Morgan fingerprint density at radius 3 is 1.38 bits per heavy atom. The quantitative estimate of drug-likeness (QED) is 0.187. The Morgan fingerprint density at radius 1 is 0.618 bits per heavy atom. The molecule has 0 amide bonds. The SMILES string of the molecule is CN(C)c1ccc(/C=C/c2ccc(/C=C/c3ccc(/C=C/c4ccc([N+](=O)[O-])cc4)s3)s2)cc1. The molecule has 0 unspecified atom stereocenters. The molecule has 0 aliphatic carbocycles. The van der Waals surface area contributed by atoms with Crippen molar-refractivity contribution in [2.45, 2.75) is 0 Å². The van der Waals surface area contributed by atoms with Crippen LogP contribution < -0.4 is 4.90 Å². The average molecular weight is 485 g/mol. The highest BCUT2D eigenvalue weighted by Crippen LogP contribution is 2.25. The molecule has 2 aromatic carbocycles. The van der Waals surface area contributed by atoms with Crippen molar-refractivity contribution < 1.29 is 4.92 Å². The normalized spacial score (nSPS) is 11.7. The monoisotopic (exact) mass is 484 g/mol. The molecule has 0 aliphatic rings. The van der Waals surface area contributed by atoms with Crippen molar-refractivity contribution in [2.75, 3.05) is 19.0 Å². The second-order valence-corrected chi connectivity index (χ2v) is 10.1. The maximum absolute atomic E-state index is 10.8. The molecule has 6 heteroatoms. The molecule has 0 radical (unpaired) electrons. The zero-order chi connectivity index (χ0) is 23.9. The van der Waals surface area contributed by atoms with Crippen molar-refractivity contribution in [3.63, 3.8) is 0 Å². The lowest BCUT2D eigenvalue weighted by Gasteiger charge is -2.11. The minimum Gasteiger partial charge on any atom is -0.378 e. The van der Waals surface area contributed by atoms with Crippen molar-refractivity contribution in [3.8, 4) is 0 Å². The van der Waals surface area contributed by atoms with Crippen molar-refractivity contribution in [2.24, 2.45) is 0 Å². The third kappa shape index (κ3) is 6.41. The predicted molar refractivity (Wildman–Crippen MR) is 149 cm³/mol. The first-order valence-corrected chi connectivity index (χ1v) is 12.4. The number of hydrogen-bond acceptors (Lipinski definition) is 5. The molecule has 0 saturated carbocycles. The van der Waals surface area contributed by atoms with E-state index in [4.69, 9.17) is 0 Å². The summed E-state index contributed by atoms with van der Waals surface area (Å²) in [6.45, 7) is 0. The lowest BCUT2D eigenvalue weighted by molar-refractivity contribution is -0.384. The van der Waals surface area contributed by atoms with Crippen LogP contribution in [-0.4, -0.2) is 19.0 Å². The highest BCUT2D eigenvalue weighted by molar-refractivity contribution is 7.14. The molecule has 4 aromatic rings. The first-order valence-electron chi connectivity index (χ1n) is 10.7. The highest BCUT2D eigenvalue weighted by Gasteiger charge is 2.02. The summed E-state index contributed by atoms with van der Waals surface area (Å²) in [5.74, 6) is 0. The van der Waals surface area contributed by atoms with Crippen molar-refractivity contribution in [1.82, 2.24) is 0 Å². The standard InChI is InChI=1S/C28H24N2O2S2/c1-29(2)23-9-3-21(4-10-23)7-13-25-15-17-27(33-25)19-20-28-18-16-26(34-28)14-8-22-5-11-24(12-6-22)30(31)32/h3-20H,1-2H3/b13-7+,14-8+,20-19+. The number of rotatable bonds is 8. The van der Waals surface area contributed by atoms with Gasteiger partial charge in [0.05, 0.1) is 4.92 Å². The largest absolute Gasteiger partial charge is 0.378 e. The minimum atomic E-state index is -0.387. The van der Waals surface area contributed by atoms with E-state index in [9.17, 15) is 10.1 Å². The van der Waals surface area contributed by atoms with Gasteiger partial charge in [0.15, 0.2) is 0 Å². The number of benzene rings is 2. The average Bonchev–Trinajstić information content (AvgIpc) is 3.50. The van der Waals surface area contributed by atoms with Crippen molar-refractivity contribution >= 4 is 70.5 Å². The van der Waals surface area contributed by atoms with Gasteiger partial charge in [-0.3, -0.25) is 10.1 Å². The van der Waals surface area contributed by atoms with Crippen molar-refractivity contribution in [3.05, 3.63) is 114 Å². The topological polar surface area (TPSA) is 46.4 Å². The molecule has 170 valence electrons. The summed E-state index contributed by atoms with van der Waals surface area (Å²) in [5.41, 5.74) is 3.42. The lowest BCUT2D eigenvalue weighted by atomic mass is 10.2. The summed E-state index contributed by atoms with van der Waals surface area (Å²) >= 11 is 3.46. The van der Waals surface area contributed by atoms with Crippen LogP contribution in [0.15, 0.2) is 72.8 Å². The van der Waals surface area contributed by atoms with Crippen LogP contribution in [0.4, 0.5) is 11.4 Å². The first-order chi connectivity index (χ1) is 16.5. The minimum absolute atomic E-state index is 0.103. The van der Waals surface area contributed by atoms with Crippen LogP contribution in [0.2, 0.25) is 0 Å². The molecule has 0 bridgehead atoms. The van der Waals surface area contributed by atoms with Crippen LogP contribution in [0.5, 0.6) is 0 Å². The van der Waals surface area contributed by atoms with E-state index in [1.807, 2.05) is 26.2 Å². The highest BCUT2D eigenvalue weighted by atomic mass is 32.1. The Morgan fingerprint density at radius 2 is 1.00 bits per heavy atom. The van der Waals surface area contributed by atoms with Gasteiger partial charge in [0.25, 0.3) is 5.69 Å². The van der Waals surface area contributed by atoms with Gasteiger partial charge in [0.1, 0.15) is 0 Å². The third-order valence-electron chi connectivity index (χ3n) is 5.10. The van der Waals surface area contributed by atoms with Gasteiger partial charge in [0.2, 0.25) is 0 Å². The molecule has 0 atom stereocenters. The van der Waals surface area contributed by atoms with E-state index >= 15 is 0 Å². The number of nitrogens with zero attached hydrogens (tertiary/aromatic N) is 2. The molecule has 0 N–H and O–H groups in total. The van der Waals surface area contributed by atoms with Crippen LogP contribution in [0.3, 0.4) is 0 Å². The summed E-state index contributed by atoms with van der Waals surface area (Å²) in [6, 6.07) is 23.5. The van der Waals surface area contributed by atoms with Crippen LogP contribution in [-0.2, 0) is 0 Å². The summed E-state index contributed by atoms with van der Waals surface area (Å²) in [6.07, 6.45) is 12.6. The molecule has 0 saturated heterocycles. The van der Waals surface area contributed by atoms with Gasteiger partial charge in [-0.2, -0.15) is 0 Å². The van der Waals surface area contributed by atoms with E-state index in [0.717, 1.165) is 10.4 Å². The van der Waals surface area contributed by atoms with Crippen LogP contribution >= 0.6 is 22.7 Å². The number of thiophene rings is 2. The van der Waals surface area contributed by atoms with E-state index in [-0.39, 0.29) is 10.6 Å². The summed E-state index contributed by atoms with van der Waals surface area (Å²) in [4.78, 5) is 17.2. The van der Waals surface area contributed by atoms with Gasteiger partial charge in [0, 0.05) is 51.4 Å². The van der Waals surface area contributed by atoms with Crippen LogP contribution in [0.1, 0.15) is 30.6 Å². The smallest absolute Gasteiger partial charge is 0.269 e. The summed E-state index contributed by atoms with van der Waals surface area (Å²) in [7, 11) is 4.09. The Kier molecular flexibility index (Phi) is 7.52. The molecule has 0 aliphatic heterocycles. The molecule has 4 nitrogen and oxygen atoms in total. The zero-order valence-electron chi connectivity index (χ0n) is 18.9. The Labute approximate surface area is 207 Å². The lowest BCUT2D eigenvalue weighted by Crippen LogP contribution is -2.07. The molecular formula is C28H24N2O2S2. The number of non-ortho nitro benzene ring substituents is 1. The Bertz CT molecular complexity index is 1340. The molecule has 0 fully saturated rings. The number of anilines is 1. The van der Waals surface area contributed by atoms with Crippen molar-refractivity contribution in [1.29, 1.82) is 0 Å². The van der Waals surface area contributed by atoms with E-state index in [1.54, 1.807) is 34.8 Å². The van der Waals surface area contributed by atoms with Gasteiger partial charge >= 0.3 is 0 Å². The number of nitro groups is 1. The zero-order valence-corrected chi connectivity index (χ0v) is 20.6. The van der Waals surface area contributed by atoms with E-state index in [0.29, 0.717) is 0 Å². The van der Waals surface area contributed by atoms with Gasteiger partial charge < -0.3 is 4.90 Å². The van der Waals surface area contributed by atoms with Gasteiger partial charge in [-0.1, -0.05) is 24.3 Å². The summed E-state index contributed by atoms with van der Waals surface area (Å²) in [5, 5.41) is 10.8. The Hall–Kier alpha value is -3.74. The maximum Gasteiger partial charge on any atom is 0.269 e. The molecule has 4 rings (SSSR count). The summed E-state index contributed by atoms with van der Waals surface area (Å²) < 4.78 is 0. The third-order valence-corrected chi connectivity index (χ3v) is 7.13. The van der Waals surface area contributed by atoms with Gasteiger partial charge in [-0.25, -0.2) is 0 Å². The Balaban J connectivity index is 1.35. The first kappa shape index (κ1) is 23.4. The van der Waals surface area contributed by atoms with Crippen LogP contribution in [0, 0.1) is 10.1 Å². The second-order valence-electron chi connectivity index (χ2n) is 7.81. The molecule has 0 spiro atoms. The van der Waals surface area contributed by atoms with E-state index < -0.39 is 0 Å². The predicted octanol–water partition coefficient (Wildman–Crippen LogP) is 8.30. The fourth-order valence-corrected chi connectivity index (χ4v) is 4.84. The molecular weight excluding hydrogens is 460 g/mol.